The fourth-order valence-electron chi connectivity index (χ4n) is 3.30. The summed E-state index contributed by atoms with van der Waals surface area (Å²) in [5, 5.41) is 2.74. The number of nitrogens with one attached hydrogen (secondary N) is 1. The van der Waals surface area contributed by atoms with Crippen LogP contribution in [0.4, 0.5) is 10.5 Å². The molecule has 1 aromatic rings. The molecule has 124 valence electrons. The van der Waals surface area contributed by atoms with Gasteiger partial charge in [-0.1, -0.05) is 18.2 Å². The lowest BCUT2D eigenvalue weighted by molar-refractivity contribution is -0.117. The number of nitrogens with zero attached hydrogens (tertiary/aromatic N) is 2. The van der Waals surface area contributed by atoms with E-state index in [9.17, 15) is 9.59 Å². The number of amides is 3. The van der Waals surface area contributed by atoms with Crippen LogP contribution in [0.3, 0.4) is 0 Å². The van der Waals surface area contributed by atoms with E-state index in [2.05, 4.69) is 5.32 Å². The van der Waals surface area contributed by atoms with Gasteiger partial charge in [-0.05, 0) is 31.9 Å². The molecule has 1 N–H and O–H groups in total. The second-order valence-electron chi connectivity index (χ2n) is 6.25. The molecule has 2 aliphatic rings. The highest BCUT2D eigenvalue weighted by atomic mass is 16.5. The zero-order valence-electron chi connectivity index (χ0n) is 13.6. The van der Waals surface area contributed by atoms with Crippen molar-refractivity contribution in [2.24, 2.45) is 0 Å². The van der Waals surface area contributed by atoms with Crippen LogP contribution in [0.15, 0.2) is 24.3 Å². The maximum absolute atomic E-state index is 12.4. The van der Waals surface area contributed by atoms with Crippen LogP contribution in [0, 0.1) is 0 Å². The van der Waals surface area contributed by atoms with Crippen molar-refractivity contribution in [2.45, 2.75) is 32.5 Å². The molecule has 2 unspecified atom stereocenters. The minimum Gasteiger partial charge on any atom is -0.372 e. The van der Waals surface area contributed by atoms with E-state index in [-0.39, 0.29) is 30.7 Å². The minimum absolute atomic E-state index is 0.0191. The van der Waals surface area contributed by atoms with Crippen molar-refractivity contribution in [2.75, 3.05) is 31.1 Å². The van der Waals surface area contributed by atoms with E-state index in [1.165, 1.54) is 5.56 Å². The van der Waals surface area contributed by atoms with Gasteiger partial charge in [-0.2, -0.15) is 0 Å². The summed E-state index contributed by atoms with van der Waals surface area (Å²) < 4.78 is 5.62. The number of para-hydroxylation sites is 1. The summed E-state index contributed by atoms with van der Waals surface area (Å²) in [7, 11) is 0. The third kappa shape index (κ3) is 3.47. The highest BCUT2D eigenvalue weighted by molar-refractivity contribution is 5.98. The summed E-state index contributed by atoms with van der Waals surface area (Å²) in [6, 6.07) is 7.70. The molecule has 6 nitrogen and oxygen atoms in total. The van der Waals surface area contributed by atoms with Crippen LogP contribution in [-0.2, 0) is 16.0 Å². The fourth-order valence-corrected chi connectivity index (χ4v) is 3.30. The molecule has 0 aliphatic carbocycles. The van der Waals surface area contributed by atoms with E-state index in [0.29, 0.717) is 19.6 Å². The fraction of sp³-hybridized carbons (Fsp3) is 0.529. The number of benzene rings is 1. The molecule has 0 aromatic heterocycles. The Morgan fingerprint density at radius 3 is 2.65 bits per heavy atom. The molecule has 2 atom stereocenters. The Hall–Kier alpha value is -2.08. The molecule has 3 rings (SSSR count). The predicted octanol–water partition coefficient (Wildman–Crippen LogP) is 1.39. The summed E-state index contributed by atoms with van der Waals surface area (Å²) in [6.07, 6.45) is 0.908. The molecule has 1 fully saturated rings. The van der Waals surface area contributed by atoms with Crippen molar-refractivity contribution in [3.63, 3.8) is 0 Å². The van der Waals surface area contributed by atoms with E-state index in [0.717, 1.165) is 12.1 Å². The summed E-state index contributed by atoms with van der Waals surface area (Å²) in [4.78, 5) is 28.1. The van der Waals surface area contributed by atoms with Crippen LogP contribution in [0.1, 0.15) is 19.4 Å². The number of urea groups is 1. The lowest BCUT2D eigenvalue weighted by atomic mass is 10.2. The van der Waals surface area contributed by atoms with Crippen LogP contribution in [0.2, 0.25) is 0 Å². The van der Waals surface area contributed by atoms with Gasteiger partial charge < -0.3 is 19.9 Å². The number of hydrogen-bond donors (Lipinski definition) is 1. The molecule has 3 amide bonds. The number of anilines is 1. The van der Waals surface area contributed by atoms with Gasteiger partial charge in [0.2, 0.25) is 5.91 Å². The number of carbonyl (C=O) groups excluding carboxylic acids is 2. The van der Waals surface area contributed by atoms with Gasteiger partial charge in [0.15, 0.2) is 0 Å². The van der Waals surface area contributed by atoms with Gasteiger partial charge >= 0.3 is 6.03 Å². The molecule has 0 bridgehead atoms. The Morgan fingerprint density at radius 2 is 1.91 bits per heavy atom. The Kier molecular flexibility index (Phi) is 4.52. The first kappa shape index (κ1) is 15.8. The zero-order valence-corrected chi connectivity index (χ0v) is 13.6. The molecular formula is C17H23N3O3. The summed E-state index contributed by atoms with van der Waals surface area (Å²) >= 11 is 0. The molecule has 2 aliphatic heterocycles. The number of hydrogen-bond acceptors (Lipinski definition) is 3. The number of rotatable bonds is 2. The standard InChI is InChI=1S/C17H23N3O3/c1-12-10-19(11-13(2)23-12)17(22)18-9-16(21)20-8-7-14-5-3-4-6-15(14)20/h3-6,12-13H,7-11H2,1-2H3,(H,18,22). The van der Waals surface area contributed by atoms with E-state index < -0.39 is 0 Å². The zero-order chi connectivity index (χ0) is 16.4. The highest BCUT2D eigenvalue weighted by Crippen LogP contribution is 2.27. The normalized spacial score (nSPS) is 23.6. The SMILES string of the molecule is CC1CN(C(=O)NCC(=O)N2CCc3ccccc32)CC(C)O1. The second kappa shape index (κ2) is 6.58. The van der Waals surface area contributed by atoms with E-state index >= 15 is 0 Å². The van der Waals surface area contributed by atoms with Crippen molar-refractivity contribution < 1.29 is 14.3 Å². The Labute approximate surface area is 136 Å². The van der Waals surface area contributed by atoms with Gasteiger partial charge in [0, 0.05) is 25.3 Å². The van der Waals surface area contributed by atoms with E-state index in [1.807, 2.05) is 38.1 Å². The third-order valence-corrected chi connectivity index (χ3v) is 4.29. The predicted molar refractivity (Wildman–Crippen MR) is 87.5 cm³/mol. The van der Waals surface area contributed by atoms with Crippen LogP contribution < -0.4 is 10.2 Å². The van der Waals surface area contributed by atoms with Gasteiger partial charge in [0.1, 0.15) is 0 Å². The topological polar surface area (TPSA) is 61.9 Å². The van der Waals surface area contributed by atoms with E-state index in [1.54, 1.807) is 9.80 Å². The van der Waals surface area contributed by atoms with Crippen molar-refractivity contribution >= 4 is 17.6 Å². The van der Waals surface area contributed by atoms with Crippen LogP contribution >= 0.6 is 0 Å². The summed E-state index contributed by atoms with van der Waals surface area (Å²) in [6.45, 7) is 5.70. The molecule has 1 saturated heterocycles. The average Bonchev–Trinajstić information content (AvgIpc) is 2.95. The van der Waals surface area contributed by atoms with Gasteiger partial charge in [-0.25, -0.2) is 4.79 Å². The lowest BCUT2D eigenvalue weighted by Gasteiger charge is -2.35. The average molecular weight is 317 g/mol. The third-order valence-electron chi connectivity index (χ3n) is 4.29. The van der Waals surface area contributed by atoms with E-state index in [4.69, 9.17) is 4.74 Å². The highest BCUT2D eigenvalue weighted by Gasteiger charge is 2.28. The number of ether oxygens (including phenoxy) is 1. The van der Waals surface area contributed by atoms with Crippen LogP contribution in [0.25, 0.3) is 0 Å². The van der Waals surface area contributed by atoms with Gasteiger partial charge in [-0.3, -0.25) is 4.79 Å². The van der Waals surface area contributed by atoms with Crippen LogP contribution in [0.5, 0.6) is 0 Å². The summed E-state index contributed by atoms with van der Waals surface area (Å²) in [5.74, 6) is -0.0716. The van der Waals surface area contributed by atoms with Crippen LogP contribution in [-0.4, -0.2) is 55.2 Å². The van der Waals surface area contributed by atoms with Crippen molar-refractivity contribution in [3.05, 3.63) is 29.8 Å². The Morgan fingerprint density at radius 1 is 1.22 bits per heavy atom. The maximum Gasteiger partial charge on any atom is 0.318 e. The first-order valence-electron chi connectivity index (χ1n) is 8.11. The summed E-state index contributed by atoms with van der Waals surface area (Å²) in [5.41, 5.74) is 2.14. The molecule has 0 spiro atoms. The molecule has 6 heteroatoms. The molecule has 0 radical (unpaired) electrons. The molecule has 2 heterocycles. The molecule has 23 heavy (non-hydrogen) atoms. The number of morpholine rings is 1. The van der Waals surface area contributed by atoms with Gasteiger partial charge in [-0.15, -0.1) is 0 Å². The molecule has 1 aromatic carbocycles. The molecular weight excluding hydrogens is 294 g/mol. The first-order valence-corrected chi connectivity index (χ1v) is 8.11. The Bertz CT molecular complexity index is 595. The first-order chi connectivity index (χ1) is 11.0. The van der Waals surface area contributed by atoms with Gasteiger partial charge in [0.05, 0.1) is 18.8 Å². The number of carbonyl (C=O) groups is 2. The quantitative estimate of drug-likeness (QED) is 0.897. The van der Waals surface area contributed by atoms with Crippen molar-refractivity contribution in [1.82, 2.24) is 10.2 Å². The number of fused-ring (bicyclic) bond motifs is 1. The lowest BCUT2D eigenvalue weighted by Crippen LogP contribution is -2.53. The minimum atomic E-state index is -0.201. The largest absolute Gasteiger partial charge is 0.372 e. The maximum atomic E-state index is 12.4. The monoisotopic (exact) mass is 317 g/mol. The Balaban J connectivity index is 1.54. The second-order valence-corrected chi connectivity index (χ2v) is 6.25. The van der Waals surface area contributed by atoms with Gasteiger partial charge in [0.25, 0.3) is 0 Å². The molecule has 0 saturated carbocycles. The van der Waals surface area contributed by atoms with Crippen molar-refractivity contribution in [1.29, 1.82) is 0 Å². The smallest absolute Gasteiger partial charge is 0.318 e. The van der Waals surface area contributed by atoms with Crippen molar-refractivity contribution in [3.8, 4) is 0 Å².